The number of carbonyl (C=O) groups is 1. The molecule has 1 aliphatic heterocycles. The van der Waals surface area contributed by atoms with Crippen LogP contribution in [0.25, 0.3) is 10.6 Å². The average molecular weight is 537 g/mol. The number of amides is 1. The highest BCUT2D eigenvalue weighted by molar-refractivity contribution is 7.15. The maximum atomic E-state index is 14.5. The highest BCUT2D eigenvalue weighted by atomic mass is 32.1. The molecule has 1 aliphatic rings. The molecule has 3 heterocycles. The quantitative estimate of drug-likeness (QED) is 0.421. The van der Waals surface area contributed by atoms with Gasteiger partial charge in [-0.15, -0.1) is 11.3 Å². The number of hydrogen-bond acceptors (Lipinski definition) is 9. The van der Waals surface area contributed by atoms with Gasteiger partial charge in [-0.2, -0.15) is 0 Å². The molecule has 0 spiro atoms. The summed E-state index contributed by atoms with van der Waals surface area (Å²) >= 11 is 1.24. The molecule has 1 aromatic carbocycles. The Balaban J connectivity index is 1.53. The van der Waals surface area contributed by atoms with Gasteiger partial charge in [0.05, 0.1) is 22.9 Å². The molecule has 0 aliphatic carbocycles. The summed E-state index contributed by atoms with van der Waals surface area (Å²) in [5, 5.41) is 3.68. The number of nitrogens with two attached hydrogens (primary N) is 1. The second-order valence-corrected chi connectivity index (χ2v) is 10.8. The number of carbonyl (C=O) groups excluding carboxylic acids is 1. The van der Waals surface area contributed by atoms with Gasteiger partial charge < -0.3 is 25.4 Å². The van der Waals surface area contributed by atoms with Gasteiger partial charge in [-0.25, -0.2) is 32.9 Å². The van der Waals surface area contributed by atoms with Crippen LogP contribution in [-0.2, 0) is 4.74 Å². The fourth-order valence-corrected chi connectivity index (χ4v) is 4.54. The molecular weight excluding hydrogens is 509 g/mol. The molecule has 1 amide bonds. The van der Waals surface area contributed by atoms with E-state index < -0.39 is 35.5 Å². The molecule has 2 aromatic heterocycles. The summed E-state index contributed by atoms with van der Waals surface area (Å²) in [6.07, 6.45) is -0.192. The standard InChI is InChI=1S/C24H27F3N6O3S/c1-12-30-21(35-19-9-15(26)17(28)8-16(19)27)20(37-12)18-5-6-29-22(32-18)31-14-7-13(25)10-33(11-14)23(34)36-24(2,3)4/h5-6,8-9,13-14H,7,10-11,28H2,1-4H3,(H,29,31,32)/t13-,14-/m0/s1. The Morgan fingerprint density at radius 2 is 1.97 bits per heavy atom. The monoisotopic (exact) mass is 536 g/mol. The van der Waals surface area contributed by atoms with E-state index in [1.807, 2.05) is 0 Å². The van der Waals surface area contributed by atoms with Gasteiger partial charge in [0.2, 0.25) is 11.8 Å². The van der Waals surface area contributed by atoms with Crippen molar-refractivity contribution in [2.45, 2.75) is 51.9 Å². The van der Waals surface area contributed by atoms with E-state index in [2.05, 4.69) is 20.3 Å². The summed E-state index contributed by atoms with van der Waals surface area (Å²) in [7, 11) is 0. The molecular formula is C24H27F3N6O3S. The summed E-state index contributed by atoms with van der Waals surface area (Å²) < 4.78 is 53.6. The van der Waals surface area contributed by atoms with E-state index in [0.717, 1.165) is 12.1 Å². The van der Waals surface area contributed by atoms with Gasteiger partial charge in [0, 0.05) is 37.3 Å². The highest BCUT2D eigenvalue weighted by Gasteiger charge is 2.33. The number of alkyl halides is 1. The van der Waals surface area contributed by atoms with Gasteiger partial charge in [-0.05, 0) is 33.8 Å². The Hall–Kier alpha value is -3.61. The van der Waals surface area contributed by atoms with E-state index in [0.29, 0.717) is 15.6 Å². The number of halogens is 3. The molecule has 13 heteroatoms. The minimum Gasteiger partial charge on any atom is -0.444 e. The number of benzene rings is 1. The first kappa shape index (κ1) is 26.5. The number of thiazole rings is 1. The van der Waals surface area contributed by atoms with Crippen molar-refractivity contribution in [1.29, 1.82) is 0 Å². The van der Waals surface area contributed by atoms with Crippen molar-refractivity contribution >= 4 is 29.1 Å². The van der Waals surface area contributed by atoms with Crippen LogP contribution in [0.5, 0.6) is 11.6 Å². The number of anilines is 2. The predicted molar refractivity (Wildman–Crippen MR) is 133 cm³/mol. The van der Waals surface area contributed by atoms with Crippen molar-refractivity contribution in [3.63, 3.8) is 0 Å². The van der Waals surface area contributed by atoms with Gasteiger partial charge in [0.25, 0.3) is 0 Å². The van der Waals surface area contributed by atoms with Crippen molar-refractivity contribution in [2.75, 3.05) is 24.1 Å². The first-order valence-electron chi connectivity index (χ1n) is 11.5. The van der Waals surface area contributed by atoms with Crippen molar-refractivity contribution in [3.8, 4) is 22.2 Å². The molecule has 37 heavy (non-hydrogen) atoms. The fraction of sp³-hybridized carbons (Fsp3) is 0.417. The maximum absolute atomic E-state index is 14.5. The molecule has 1 saturated heterocycles. The van der Waals surface area contributed by atoms with Crippen molar-refractivity contribution in [2.24, 2.45) is 0 Å². The Bertz CT molecular complexity index is 1300. The van der Waals surface area contributed by atoms with Crippen LogP contribution in [0.2, 0.25) is 0 Å². The van der Waals surface area contributed by atoms with Crippen LogP contribution in [0.1, 0.15) is 32.2 Å². The third-order valence-electron chi connectivity index (χ3n) is 5.23. The molecule has 0 bridgehead atoms. The molecule has 3 N–H and O–H groups in total. The van der Waals surface area contributed by atoms with Gasteiger partial charge in [0.15, 0.2) is 11.6 Å². The van der Waals surface area contributed by atoms with Crippen molar-refractivity contribution < 1.29 is 27.4 Å². The first-order chi connectivity index (χ1) is 17.4. The van der Waals surface area contributed by atoms with Crippen molar-refractivity contribution in [1.82, 2.24) is 19.9 Å². The minimum absolute atomic E-state index is 0.0350. The third-order valence-corrected chi connectivity index (χ3v) is 6.21. The second kappa shape index (κ2) is 10.4. The van der Waals surface area contributed by atoms with Gasteiger partial charge in [-0.1, -0.05) is 0 Å². The highest BCUT2D eigenvalue weighted by Crippen LogP contribution is 2.38. The number of nitrogen functional groups attached to an aromatic ring is 1. The zero-order chi connectivity index (χ0) is 26.9. The van der Waals surface area contributed by atoms with E-state index >= 15 is 0 Å². The molecule has 3 aromatic rings. The number of likely N-dealkylation sites (tertiary alicyclic amines) is 1. The molecule has 0 radical (unpaired) electrons. The Morgan fingerprint density at radius 3 is 2.70 bits per heavy atom. The number of rotatable bonds is 5. The molecule has 0 saturated carbocycles. The van der Waals surface area contributed by atoms with Crippen LogP contribution in [-0.4, -0.2) is 56.8 Å². The van der Waals surface area contributed by atoms with E-state index in [4.69, 9.17) is 15.2 Å². The number of piperidine rings is 1. The zero-order valence-corrected chi connectivity index (χ0v) is 21.5. The lowest BCUT2D eigenvalue weighted by Gasteiger charge is -2.36. The zero-order valence-electron chi connectivity index (χ0n) is 20.7. The molecule has 2 atom stereocenters. The van der Waals surface area contributed by atoms with E-state index in [1.165, 1.54) is 22.4 Å². The molecule has 9 nitrogen and oxygen atoms in total. The van der Waals surface area contributed by atoms with Crippen LogP contribution in [0, 0.1) is 18.6 Å². The van der Waals surface area contributed by atoms with Crippen LogP contribution < -0.4 is 15.8 Å². The average Bonchev–Trinajstić information content (AvgIpc) is 3.16. The van der Waals surface area contributed by atoms with Crippen molar-refractivity contribution in [3.05, 3.63) is 41.0 Å². The van der Waals surface area contributed by atoms with Crippen LogP contribution in [0.15, 0.2) is 24.4 Å². The Kier molecular flexibility index (Phi) is 7.44. The summed E-state index contributed by atoms with van der Waals surface area (Å²) in [6, 6.07) is 2.83. The lowest BCUT2D eigenvalue weighted by Crippen LogP contribution is -2.51. The molecule has 198 valence electrons. The maximum Gasteiger partial charge on any atom is 0.410 e. The SMILES string of the molecule is Cc1nc(Oc2cc(F)c(N)cc2F)c(-c2ccnc(N[C@H]3C[C@H](F)CN(C(=O)OC(C)(C)C)C3)n2)s1. The topological polar surface area (TPSA) is 115 Å². The smallest absolute Gasteiger partial charge is 0.410 e. The number of hydrogen-bond donors (Lipinski definition) is 2. The predicted octanol–water partition coefficient (Wildman–Crippen LogP) is 5.32. The van der Waals surface area contributed by atoms with E-state index in [1.54, 1.807) is 33.8 Å². The van der Waals surface area contributed by atoms with Gasteiger partial charge in [0.1, 0.15) is 22.5 Å². The number of aromatic nitrogens is 3. The number of nitrogens with one attached hydrogen (secondary N) is 1. The van der Waals surface area contributed by atoms with E-state index in [9.17, 15) is 18.0 Å². The third kappa shape index (κ3) is 6.59. The molecule has 4 rings (SSSR count). The summed E-state index contributed by atoms with van der Waals surface area (Å²) in [5.74, 6) is -1.80. The molecule has 1 fully saturated rings. The Morgan fingerprint density at radius 1 is 1.22 bits per heavy atom. The summed E-state index contributed by atoms with van der Waals surface area (Å²) in [6.45, 7) is 7.11. The first-order valence-corrected chi connectivity index (χ1v) is 12.3. The summed E-state index contributed by atoms with van der Waals surface area (Å²) in [5.41, 5.74) is 4.77. The van der Waals surface area contributed by atoms with Crippen LogP contribution >= 0.6 is 11.3 Å². The van der Waals surface area contributed by atoms with Crippen LogP contribution in [0.3, 0.4) is 0 Å². The van der Waals surface area contributed by atoms with Gasteiger partial charge >= 0.3 is 6.09 Å². The molecule has 0 unspecified atom stereocenters. The Labute approximate surface area is 215 Å². The summed E-state index contributed by atoms with van der Waals surface area (Å²) in [4.78, 5) is 27.2. The normalized spacial score (nSPS) is 18.0. The fourth-order valence-electron chi connectivity index (χ4n) is 3.72. The van der Waals surface area contributed by atoms with Crippen LogP contribution in [0.4, 0.5) is 29.6 Å². The van der Waals surface area contributed by atoms with Gasteiger partial charge in [-0.3, -0.25) is 0 Å². The van der Waals surface area contributed by atoms with E-state index in [-0.39, 0.29) is 42.8 Å². The second-order valence-electron chi connectivity index (χ2n) is 9.60. The lowest BCUT2D eigenvalue weighted by atomic mass is 10.0. The number of nitrogens with zero attached hydrogens (tertiary/aromatic N) is 4. The minimum atomic E-state index is -1.25. The lowest BCUT2D eigenvalue weighted by molar-refractivity contribution is 0.0124. The number of ether oxygens (including phenoxy) is 2. The number of aryl methyl sites for hydroxylation is 1. The largest absolute Gasteiger partial charge is 0.444 e.